The van der Waals surface area contributed by atoms with Crippen molar-refractivity contribution in [3.8, 4) is 0 Å². The number of aliphatic hydroxyl groups is 2. The normalized spacial score (nSPS) is 22.5. The molecule has 3 rings (SSSR count). The second-order valence-electron chi connectivity index (χ2n) is 11.0. The van der Waals surface area contributed by atoms with E-state index in [1.807, 2.05) is 0 Å². The van der Waals surface area contributed by atoms with E-state index in [1.165, 1.54) is 57.6 Å². The van der Waals surface area contributed by atoms with E-state index in [0.29, 0.717) is 42.8 Å². The first-order valence-electron chi connectivity index (χ1n) is 15.4. The molecular weight excluding hydrogens is 526 g/mol. The van der Waals surface area contributed by atoms with Gasteiger partial charge in [-0.25, -0.2) is 15.0 Å². The third-order valence-corrected chi connectivity index (χ3v) is 7.63. The zero-order chi connectivity index (χ0) is 29.5. The van der Waals surface area contributed by atoms with Crippen molar-refractivity contribution in [2.75, 3.05) is 11.9 Å². The standard InChI is InChI=1S/C29H49N7O5/c1-3-4-5-6-7-8-9-10-12-15-21(37)30-17-14-11-13-16-22(38)35-23-20(2)41-29(26(40)25(23)39)36-28-24-27(32-18-31-24)33-19-34-28/h18-20,23,25-26,29,39-40H,3-17H2,1-2H3,(H,30,37)(H,35,38)(H2,31,32,33,34,36). The lowest BCUT2D eigenvalue weighted by atomic mass is 9.95. The Balaban J connectivity index is 1.24. The number of aliphatic hydroxyl groups excluding tert-OH is 2. The van der Waals surface area contributed by atoms with Crippen molar-refractivity contribution < 1.29 is 24.5 Å². The summed E-state index contributed by atoms with van der Waals surface area (Å²) in [6.07, 6.45) is 13.1. The number of ether oxygens (including phenoxy) is 1. The van der Waals surface area contributed by atoms with Crippen LogP contribution in [0.1, 0.15) is 104 Å². The van der Waals surface area contributed by atoms with Crippen LogP contribution in [0.25, 0.3) is 11.2 Å². The predicted octanol–water partition coefficient (Wildman–Crippen LogP) is 3.31. The summed E-state index contributed by atoms with van der Waals surface area (Å²) in [7, 11) is 0. The highest BCUT2D eigenvalue weighted by atomic mass is 16.5. The van der Waals surface area contributed by atoms with Gasteiger partial charge in [-0.3, -0.25) is 9.59 Å². The zero-order valence-electron chi connectivity index (χ0n) is 24.6. The van der Waals surface area contributed by atoms with E-state index in [0.717, 1.165) is 25.7 Å². The first-order valence-corrected chi connectivity index (χ1v) is 15.4. The topological polar surface area (TPSA) is 174 Å². The Hall–Kier alpha value is -2.83. The second-order valence-corrected chi connectivity index (χ2v) is 11.0. The van der Waals surface area contributed by atoms with Gasteiger partial charge < -0.3 is 35.9 Å². The Morgan fingerprint density at radius 1 is 0.878 bits per heavy atom. The molecule has 12 nitrogen and oxygen atoms in total. The van der Waals surface area contributed by atoms with Gasteiger partial charge in [0.05, 0.1) is 18.5 Å². The number of H-pyrrole nitrogens is 1. The van der Waals surface area contributed by atoms with Crippen LogP contribution in [-0.2, 0) is 14.3 Å². The minimum absolute atomic E-state index is 0.103. The highest BCUT2D eigenvalue weighted by Gasteiger charge is 2.43. The highest BCUT2D eigenvalue weighted by Crippen LogP contribution is 2.24. The van der Waals surface area contributed by atoms with Crippen LogP contribution in [0.4, 0.5) is 5.82 Å². The Morgan fingerprint density at radius 2 is 1.54 bits per heavy atom. The van der Waals surface area contributed by atoms with Crippen LogP contribution >= 0.6 is 0 Å². The van der Waals surface area contributed by atoms with E-state index in [-0.39, 0.29) is 11.8 Å². The lowest BCUT2D eigenvalue weighted by Crippen LogP contribution is -2.64. The molecule has 2 aromatic heterocycles. The molecule has 2 amide bonds. The van der Waals surface area contributed by atoms with Gasteiger partial charge in [0.2, 0.25) is 11.8 Å². The number of nitrogens with one attached hydrogen (secondary N) is 4. The van der Waals surface area contributed by atoms with Crippen molar-refractivity contribution in [1.82, 2.24) is 30.6 Å². The summed E-state index contributed by atoms with van der Waals surface area (Å²) < 4.78 is 5.89. The molecular formula is C29H49N7O5. The molecule has 5 atom stereocenters. The number of imidazole rings is 1. The monoisotopic (exact) mass is 575 g/mol. The van der Waals surface area contributed by atoms with E-state index < -0.39 is 30.6 Å². The number of unbranched alkanes of at least 4 members (excludes halogenated alkanes) is 10. The Labute approximate surface area is 242 Å². The minimum atomic E-state index is -1.30. The number of hydrogen-bond donors (Lipinski definition) is 6. The minimum Gasteiger partial charge on any atom is -0.388 e. The average molecular weight is 576 g/mol. The number of aromatic amines is 1. The third kappa shape index (κ3) is 10.8. The molecule has 0 spiro atoms. The Morgan fingerprint density at radius 3 is 2.27 bits per heavy atom. The van der Waals surface area contributed by atoms with Crippen LogP contribution in [0.15, 0.2) is 12.7 Å². The number of carbonyl (C=O) groups is 2. The van der Waals surface area contributed by atoms with Gasteiger partial charge in [-0.1, -0.05) is 64.7 Å². The predicted molar refractivity (Wildman–Crippen MR) is 157 cm³/mol. The summed E-state index contributed by atoms with van der Waals surface area (Å²) in [5, 5.41) is 30.2. The molecule has 12 heteroatoms. The molecule has 3 heterocycles. The van der Waals surface area contributed by atoms with Gasteiger partial charge >= 0.3 is 0 Å². The molecule has 1 aliphatic rings. The number of carbonyl (C=O) groups excluding carboxylic acids is 2. The molecule has 2 aromatic rings. The lowest BCUT2D eigenvalue weighted by molar-refractivity contribution is -0.172. The van der Waals surface area contributed by atoms with Crippen LogP contribution in [0.3, 0.4) is 0 Å². The number of rotatable bonds is 19. The highest BCUT2D eigenvalue weighted by molar-refractivity contribution is 5.82. The quantitative estimate of drug-likeness (QED) is 0.137. The molecule has 1 fully saturated rings. The number of aromatic nitrogens is 4. The van der Waals surface area contributed by atoms with Gasteiger partial charge in [0.25, 0.3) is 0 Å². The van der Waals surface area contributed by atoms with Crippen molar-refractivity contribution in [3.63, 3.8) is 0 Å². The molecule has 0 saturated carbocycles. The first kappa shape index (κ1) is 32.7. The van der Waals surface area contributed by atoms with E-state index in [2.05, 4.69) is 42.8 Å². The maximum atomic E-state index is 12.5. The van der Waals surface area contributed by atoms with Crippen LogP contribution in [-0.4, -0.2) is 79.1 Å². The number of amides is 2. The van der Waals surface area contributed by atoms with Crippen molar-refractivity contribution in [3.05, 3.63) is 12.7 Å². The Bertz CT molecular complexity index is 1050. The maximum Gasteiger partial charge on any atom is 0.220 e. The summed E-state index contributed by atoms with van der Waals surface area (Å²) in [4.78, 5) is 39.8. The summed E-state index contributed by atoms with van der Waals surface area (Å²) in [5.41, 5.74) is 1.02. The lowest BCUT2D eigenvalue weighted by Gasteiger charge is -2.42. The summed E-state index contributed by atoms with van der Waals surface area (Å²) >= 11 is 0. The van der Waals surface area contributed by atoms with E-state index >= 15 is 0 Å². The second kappa shape index (κ2) is 17.9. The number of fused-ring (bicyclic) bond motifs is 1. The molecule has 0 aromatic carbocycles. The van der Waals surface area contributed by atoms with Crippen molar-refractivity contribution in [1.29, 1.82) is 0 Å². The van der Waals surface area contributed by atoms with Crippen LogP contribution < -0.4 is 16.0 Å². The van der Waals surface area contributed by atoms with Gasteiger partial charge in [-0.2, -0.15) is 0 Å². The molecule has 0 bridgehead atoms. The largest absolute Gasteiger partial charge is 0.388 e. The SMILES string of the molecule is CCCCCCCCCCCC(=O)NCCCCCC(=O)NC1C(C)OC(Nc2ncnc3nc[nH]c23)C(O)C1O. The summed E-state index contributed by atoms with van der Waals surface area (Å²) in [5.74, 6) is 0.275. The molecule has 5 unspecified atom stereocenters. The molecule has 0 radical (unpaired) electrons. The maximum absolute atomic E-state index is 12.5. The van der Waals surface area contributed by atoms with Gasteiger partial charge in [-0.15, -0.1) is 0 Å². The molecule has 41 heavy (non-hydrogen) atoms. The smallest absolute Gasteiger partial charge is 0.220 e. The van der Waals surface area contributed by atoms with Crippen molar-refractivity contribution >= 4 is 28.8 Å². The molecule has 6 N–H and O–H groups in total. The summed E-state index contributed by atoms with van der Waals surface area (Å²) in [6.45, 7) is 4.58. The van der Waals surface area contributed by atoms with Crippen LogP contribution in [0.5, 0.6) is 0 Å². The van der Waals surface area contributed by atoms with Gasteiger partial charge in [-0.05, 0) is 26.2 Å². The Kier molecular flexibility index (Phi) is 14.2. The van der Waals surface area contributed by atoms with E-state index in [1.54, 1.807) is 6.92 Å². The number of anilines is 1. The zero-order valence-corrected chi connectivity index (χ0v) is 24.6. The first-order chi connectivity index (χ1) is 19.9. The van der Waals surface area contributed by atoms with Gasteiger partial charge in [0, 0.05) is 19.4 Å². The van der Waals surface area contributed by atoms with Crippen LogP contribution in [0.2, 0.25) is 0 Å². The van der Waals surface area contributed by atoms with Crippen molar-refractivity contribution in [2.45, 2.75) is 134 Å². The molecule has 1 saturated heterocycles. The third-order valence-electron chi connectivity index (χ3n) is 7.63. The average Bonchev–Trinajstić information content (AvgIpc) is 3.45. The summed E-state index contributed by atoms with van der Waals surface area (Å²) in [6, 6.07) is -0.756. The van der Waals surface area contributed by atoms with E-state index in [9.17, 15) is 19.8 Å². The van der Waals surface area contributed by atoms with Gasteiger partial charge in [0.1, 0.15) is 24.1 Å². The fourth-order valence-electron chi connectivity index (χ4n) is 5.15. The van der Waals surface area contributed by atoms with E-state index in [4.69, 9.17) is 4.74 Å². The fraction of sp³-hybridized carbons (Fsp3) is 0.759. The fourth-order valence-corrected chi connectivity index (χ4v) is 5.15. The number of hydrogen-bond acceptors (Lipinski definition) is 9. The van der Waals surface area contributed by atoms with Gasteiger partial charge in [0.15, 0.2) is 17.7 Å². The molecule has 1 aliphatic heterocycles. The number of nitrogens with zero attached hydrogens (tertiary/aromatic N) is 3. The molecule has 230 valence electrons. The van der Waals surface area contributed by atoms with Crippen LogP contribution in [0, 0.1) is 0 Å². The molecule has 0 aliphatic carbocycles. The van der Waals surface area contributed by atoms with Crippen molar-refractivity contribution in [2.24, 2.45) is 0 Å².